The first-order chi connectivity index (χ1) is 4.22. The van der Waals surface area contributed by atoms with Crippen LogP contribution in [0.15, 0.2) is 5.16 Å². The monoisotopic (exact) mass is 195 g/mol. The predicted octanol–water partition coefficient (Wildman–Crippen LogP) is 0.686. The number of aliphatic carboxylic acids is 1. The normalized spacial score (nSPS) is 11.4. The minimum Gasteiger partial charge on any atom is -0.477 e. The Kier molecular flexibility index (Phi) is 4.04. The molecule has 0 spiro atoms. The van der Waals surface area contributed by atoms with Gasteiger partial charge in [-0.25, -0.2) is 4.79 Å². The van der Waals surface area contributed by atoms with E-state index in [1.165, 1.54) is 0 Å². The molecule has 0 heterocycles. The fraction of sp³-hybridized carbons (Fsp3) is 0.500. The summed E-state index contributed by atoms with van der Waals surface area (Å²) in [5, 5.41) is 19.3. The Bertz CT molecular complexity index is 134. The zero-order chi connectivity index (χ0) is 7.28. The van der Waals surface area contributed by atoms with E-state index < -0.39 is 5.97 Å². The van der Waals surface area contributed by atoms with Crippen LogP contribution in [0.2, 0.25) is 0 Å². The second kappa shape index (κ2) is 4.31. The first kappa shape index (κ1) is 8.42. The summed E-state index contributed by atoms with van der Waals surface area (Å²) in [6, 6.07) is 0. The molecule has 4 nitrogen and oxygen atoms in total. The van der Waals surface area contributed by atoms with E-state index in [9.17, 15) is 4.79 Å². The largest absolute Gasteiger partial charge is 0.477 e. The summed E-state index contributed by atoms with van der Waals surface area (Å²) >= 11 is 3.00. The average Bonchev–Trinajstić information content (AvgIpc) is 1.82. The van der Waals surface area contributed by atoms with Crippen molar-refractivity contribution in [2.45, 2.75) is 6.42 Å². The maximum atomic E-state index is 10.0. The van der Waals surface area contributed by atoms with Gasteiger partial charge in [-0.05, 0) is 0 Å². The lowest BCUT2D eigenvalue weighted by molar-refractivity contribution is -0.129. The number of hydrogen-bond donors (Lipinski definition) is 2. The zero-order valence-electron chi connectivity index (χ0n) is 4.54. The molecule has 0 atom stereocenters. The molecule has 0 aliphatic rings. The highest BCUT2D eigenvalue weighted by Gasteiger charge is 2.07. The zero-order valence-corrected chi connectivity index (χ0v) is 6.13. The number of carboxylic acid groups (broad SMARTS) is 1. The van der Waals surface area contributed by atoms with Crippen LogP contribution in [0.25, 0.3) is 0 Å². The summed E-state index contributed by atoms with van der Waals surface area (Å²) in [5.74, 6) is -1.18. The number of halogens is 1. The molecule has 0 aliphatic carbocycles. The summed E-state index contributed by atoms with van der Waals surface area (Å²) in [5.41, 5.74) is -0.230. The van der Waals surface area contributed by atoms with Gasteiger partial charge in [0, 0.05) is 11.8 Å². The van der Waals surface area contributed by atoms with Crippen LogP contribution in [0.4, 0.5) is 0 Å². The standard InChI is InChI=1S/C4H6BrNO3/c5-2-1-3(6-9)4(7)8/h9H,1-2H2,(H,7,8). The van der Waals surface area contributed by atoms with Crippen LogP contribution in [-0.4, -0.2) is 27.3 Å². The van der Waals surface area contributed by atoms with Gasteiger partial charge in [0.1, 0.15) is 0 Å². The molecule has 0 saturated heterocycles. The number of hydrogen-bond acceptors (Lipinski definition) is 3. The van der Waals surface area contributed by atoms with Crippen LogP contribution in [0.3, 0.4) is 0 Å². The fourth-order valence-electron chi connectivity index (χ4n) is 0.289. The van der Waals surface area contributed by atoms with Crippen molar-refractivity contribution >= 4 is 27.6 Å². The first-order valence-electron chi connectivity index (χ1n) is 2.22. The molecule has 0 aromatic heterocycles. The van der Waals surface area contributed by atoms with Gasteiger partial charge in [0.25, 0.3) is 0 Å². The Morgan fingerprint density at radius 1 is 1.67 bits per heavy atom. The van der Waals surface area contributed by atoms with Crippen LogP contribution in [-0.2, 0) is 4.79 Å². The Morgan fingerprint density at radius 3 is 2.33 bits per heavy atom. The molecule has 0 radical (unpaired) electrons. The van der Waals surface area contributed by atoms with Crippen LogP contribution >= 0.6 is 15.9 Å². The van der Waals surface area contributed by atoms with Crippen LogP contribution in [0, 0.1) is 0 Å². The molecule has 9 heavy (non-hydrogen) atoms. The van der Waals surface area contributed by atoms with Gasteiger partial charge in [-0.2, -0.15) is 0 Å². The van der Waals surface area contributed by atoms with Crippen molar-refractivity contribution in [3.8, 4) is 0 Å². The summed E-state index contributed by atoms with van der Waals surface area (Å²) in [6.07, 6.45) is 0.228. The smallest absolute Gasteiger partial charge is 0.353 e. The maximum absolute atomic E-state index is 10.0. The maximum Gasteiger partial charge on any atom is 0.353 e. The quantitative estimate of drug-likeness (QED) is 0.302. The van der Waals surface area contributed by atoms with Gasteiger partial charge < -0.3 is 10.3 Å². The lowest BCUT2D eigenvalue weighted by atomic mass is 10.3. The first-order valence-corrected chi connectivity index (χ1v) is 3.34. The number of carboxylic acids is 1. The SMILES string of the molecule is O=C(O)C(CCBr)=NO. The molecular formula is C4H6BrNO3. The topological polar surface area (TPSA) is 69.9 Å². The van der Waals surface area contributed by atoms with Gasteiger partial charge in [0.2, 0.25) is 0 Å². The van der Waals surface area contributed by atoms with Gasteiger partial charge in [0.15, 0.2) is 5.71 Å². The molecule has 0 bridgehead atoms. The Balaban J connectivity index is 3.85. The Hall–Kier alpha value is -0.580. The molecule has 0 aromatic rings. The lowest BCUT2D eigenvalue weighted by Crippen LogP contribution is -2.12. The highest BCUT2D eigenvalue weighted by molar-refractivity contribution is 9.09. The van der Waals surface area contributed by atoms with E-state index in [4.69, 9.17) is 10.3 Å². The van der Waals surface area contributed by atoms with Crippen molar-refractivity contribution in [3.63, 3.8) is 0 Å². The van der Waals surface area contributed by atoms with Gasteiger partial charge >= 0.3 is 5.97 Å². The molecule has 0 fully saturated rings. The summed E-state index contributed by atoms with van der Waals surface area (Å²) in [4.78, 5) is 10.0. The molecule has 0 saturated carbocycles. The predicted molar refractivity (Wildman–Crippen MR) is 35.3 cm³/mol. The van der Waals surface area contributed by atoms with Gasteiger partial charge in [-0.3, -0.25) is 0 Å². The molecule has 52 valence electrons. The van der Waals surface area contributed by atoms with E-state index in [0.29, 0.717) is 5.33 Å². The molecule has 2 N–H and O–H groups in total. The Morgan fingerprint density at radius 2 is 2.22 bits per heavy atom. The van der Waals surface area contributed by atoms with E-state index in [-0.39, 0.29) is 12.1 Å². The van der Waals surface area contributed by atoms with Gasteiger partial charge in [-0.1, -0.05) is 21.1 Å². The van der Waals surface area contributed by atoms with Gasteiger partial charge in [0.05, 0.1) is 0 Å². The number of oxime groups is 1. The van der Waals surface area contributed by atoms with Crippen LogP contribution in [0.1, 0.15) is 6.42 Å². The third kappa shape index (κ3) is 3.07. The number of nitrogens with zero attached hydrogens (tertiary/aromatic N) is 1. The van der Waals surface area contributed by atoms with Crippen LogP contribution < -0.4 is 0 Å². The van der Waals surface area contributed by atoms with Crippen LogP contribution in [0.5, 0.6) is 0 Å². The van der Waals surface area contributed by atoms with Crippen molar-refractivity contribution < 1.29 is 15.1 Å². The molecule has 0 aromatic carbocycles. The summed E-state index contributed by atoms with van der Waals surface area (Å²) < 4.78 is 0. The van der Waals surface area contributed by atoms with E-state index in [1.807, 2.05) is 0 Å². The van der Waals surface area contributed by atoms with E-state index in [0.717, 1.165) is 0 Å². The van der Waals surface area contributed by atoms with Crippen molar-refractivity contribution in [2.24, 2.45) is 5.16 Å². The van der Waals surface area contributed by atoms with E-state index >= 15 is 0 Å². The fourth-order valence-corrected chi connectivity index (χ4v) is 0.665. The number of alkyl halides is 1. The van der Waals surface area contributed by atoms with Crippen molar-refractivity contribution in [1.29, 1.82) is 0 Å². The molecule has 0 amide bonds. The molecule has 0 aliphatic heterocycles. The third-order valence-corrected chi connectivity index (χ3v) is 1.10. The van der Waals surface area contributed by atoms with Crippen molar-refractivity contribution in [1.82, 2.24) is 0 Å². The molecule has 0 unspecified atom stereocenters. The second-order valence-corrected chi connectivity index (χ2v) is 2.08. The summed E-state index contributed by atoms with van der Waals surface area (Å²) in [7, 11) is 0. The number of carbonyl (C=O) groups is 1. The second-order valence-electron chi connectivity index (χ2n) is 1.29. The highest BCUT2D eigenvalue weighted by Crippen LogP contribution is 1.91. The Labute approximate surface area is 60.3 Å². The van der Waals surface area contributed by atoms with E-state index in [1.54, 1.807) is 0 Å². The third-order valence-electron chi connectivity index (χ3n) is 0.699. The minimum atomic E-state index is -1.18. The minimum absolute atomic E-state index is 0.228. The van der Waals surface area contributed by atoms with E-state index in [2.05, 4.69) is 21.1 Å². The summed E-state index contributed by atoms with van der Waals surface area (Å²) in [6.45, 7) is 0. The lowest BCUT2D eigenvalue weighted by Gasteiger charge is -1.91. The molecular weight excluding hydrogens is 190 g/mol. The van der Waals surface area contributed by atoms with Crippen molar-refractivity contribution in [2.75, 3.05) is 5.33 Å². The number of rotatable bonds is 3. The van der Waals surface area contributed by atoms with Crippen molar-refractivity contribution in [3.05, 3.63) is 0 Å². The molecule has 0 rings (SSSR count). The highest BCUT2D eigenvalue weighted by atomic mass is 79.9. The average molecular weight is 196 g/mol. The van der Waals surface area contributed by atoms with Gasteiger partial charge in [-0.15, -0.1) is 0 Å². The molecule has 5 heteroatoms.